The Labute approximate surface area is 236 Å². The second-order valence-electron chi connectivity index (χ2n) is 8.18. The molecular formula is C28H22BrFN4O4S. The van der Waals surface area contributed by atoms with Crippen LogP contribution in [0.25, 0.3) is 6.08 Å². The highest BCUT2D eigenvalue weighted by atomic mass is 79.9. The van der Waals surface area contributed by atoms with Crippen molar-refractivity contribution < 1.29 is 23.3 Å². The molecule has 3 N–H and O–H groups in total. The summed E-state index contributed by atoms with van der Waals surface area (Å²) in [5.41, 5.74) is 0.872. The van der Waals surface area contributed by atoms with Crippen LogP contribution in [-0.2, 0) is 9.59 Å². The number of halogens is 2. The molecule has 0 aliphatic heterocycles. The first kappa shape index (κ1) is 27.8. The number of aromatic nitrogens is 1. The maximum atomic E-state index is 14.2. The summed E-state index contributed by atoms with van der Waals surface area (Å²) < 4.78 is 19.9. The zero-order chi connectivity index (χ0) is 27.8. The second kappa shape index (κ2) is 13.0. The first-order valence-corrected chi connectivity index (χ1v) is 13.4. The van der Waals surface area contributed by atoms with E-state index in [0.717, 1.165) is 9.37 Å². The largest absolute Gasteiger partial charge is 0.360 e. The van der Waals surface area contributed by atoms with Crippen molar-refractivity contribution >= 4 is 63.0 Å². The van der Waals surface area contributed by atoms with Crippen molar-refractivity contribution in [2.24, 2.45) is 0 Å². The Kier molecular flexibility index (Phi) is 9.29. The summed E-state index contributed by atoms with van der Waals surface area (Å²) in [6, 6.07) is 21.1. The van der Waals surface area contributed by atoms with E-state index in [-0.39, 0.29) is 22.9 Å². The molecule has 11 heteroatoms. The van der Waals surface area contributed by atoms with E-state index in [1.54, 1.807) is 61.5 Å². The van der Waals surface area contributed by atoms with Crippen LogP contribution in [0.5, 0.6) is 0 Å². The third kappa shape index (κ3) is 8.13. The quantitative estimate of drug-likeness (QED) is 0.158. The number of rotatable bonds is 9. The van der Waals surface area contributed by atoms with Gasteiger partial charge < -0.3 is 20.5 Å². The summed E-state index contributed by atoms with van der Waals surface area (Å²) in [6.45, 7) is 1.73. The lowest BCUT2D eigenvalue weighted by molar-refractivity contribution is -0.114. The van der Waals surface area contributed by atoms with E-state index in [0.29, 0.717) is 22.8 Å². The standard InChI is InChI=1S/C28H22BrFN4O4S/c1-17-14-25(34-38-17)33-26(35)16-39-21-12-10-20(11-13-21)31-28(37)24(15-18-6-8-19(29)9-7-18)32-27(36)22-4-2-3-5-23(22)30/h2-15H,16H2,1H3,(H,31,37)(H,32,36)(H,33,34,35)/b24-15+. The molecule has 0 bridgehead atoms. The number of thioether (sulfide) groups is 1. The second-order valence-corrected chi connectivity index (χ2v) is 10.1. The van der Waals surface area contributed by atoms with E-state index in [1.165, 1.54) is 42.1 Å². The Morgan fingerprint density at radius 3 is 2.38 bits per heavy atom. The van der Waals surface area contributed by atoms with Gasteiger partial charge in [-0.15, -0.1) is 11.8 Å². The zero-order valence-electron chi connectivity index (χ0n) is 20.5. The van der Waals surface area contributed by atoms with Gasteiger partial charge in [0.1, 0.15) is 17.3 Å². The zero-order valence-corrected chi connectivity index (χ0v) is 22.9. The van der Waals surface area contributed by atoms with Crippen molar-refractivity contribution in [3.05, 3.63) is 112 Å². The molecule has 0 spiro atoms. The number of nitrogens with zero attached hydrogens (tertiary/aromatic N) is 1. The Morgan fingerprint density at radius 1 is 1.00 bits per heavy atom. The molecule has 4 rings (SSSR count). The van der Waals surface area contributed by atoms with E-state index in [1.807, 2.05) is 0 Å². The number of carbonyl (C=O) groups is 3. The molecule has 4 aromatic rings. The summed E-state index contributed by atoms with van der Waals surface area (Å²) >= 11 is 4.67. The number of hydrogen-bond donors (Lipinski definition) is 3. The topological polar surface area (TPSA) is 113 Å². The van der Waals surface area contributed by atoms with E-state index < -0.39 is 17.6 Å². The average Bonchev–Trinajstić information content (AvgIpc) is 3.33. The van der Waals surface area contributed by atoms with Gasteiger partial charge in [0.15, 0.2) is 5.82 Å². The highest BCUT2D eigenvalue weighted by Gasteiger charge is 2.17. The van der Waals surface area contributed by atoms with Crippen molar-refractivity contribution in [2.75, 3.05) is 16.4 Å². The smallest absolute Gasteiger partial charge is 0.272 e. The number of amides is 3. The van der Waals surface area contributed by atoms with E-state index >= 15 is 0 Å². The number of aryl methyl sites for hydroxylation is 1. The van der Waals surface area contributed by atoms with Crippen LogP contribution in [-0.4, -0.2) is 28.6 Å². The minimum Gasteiger partial charge on any atom is -0.360 e. The third-order valence-electron chi connectivity index (χ3n) is 5.17. The van der Waals surface area contributed by atoms with Crippen LogP contribution < -0.4 is 16.0 Å². The fraction of sp³-hybridized carbons (Fsp3) is 0.0714. The van der Waals surface area contributed by atoms with Gasteiger partial charge in [0.25, 0.3) is 11.8 Å². The Balaban J connectivity index is 1.42. The maximum absolute atomic E-state index is 14.2. The summed E-state index contributed by atoms with van der Waals surface area (Å²) in [5, 5.41) is 11.6. The minimum atomic E-state index is -0.752. The third-order valence-corrected chi connectivity index (χ3v) is 6.71. The molecule has 0 unspecified atom stereocenters. The number of hydrogen-bond acceptors (Lipinski definition) is 6. The minimum absolute atomic E-state index is 0.0659. The lowest BCUT2D eigenvalue weighted by atomic mass is 10.1. The molecule has 8 nitrogen and oxygen atoms in total. The van der Waals surface area contributed by atoms with Crippen molar-refractivity contribution in [2.45, 2.75) is 11.8 Å². The van der Waals surface area contributed by atoms with Crippen LogP contribution in [0.15, 0.2) is 98.5 Å². The van der Waals surface area contributed by atoms with Crippen molar-refractivity contribution in [1.29, 1.82) is 0 Å². The number of benzene rings is 3. The van der Waals surface area contributed by atoms with Gasteiger partial charge in [-0.1, -0.05) is 45.4 Å². The predicted octanol–water partition coefficient (Wildman–Crippen LogP) is 6.03. The molecule has 0 atom stereocenters. The monoisotopic (exact) mass is 608 g/mol. The molecule has 1 aromatic heterocycles. The van der Waals surface area contributed by atoms with Crippen LogP contribution in [0.4, 0.5) is 15.9 Å². The fourth-order valence-corrected chi connectivity index (χ4v) is 4.27. The van der Waals surface area contributed by atoms with Crippen LogP contribution in [0.3, 0.4) is 0 Å². The van der Waals surface area contributed by atoms with Gasteiger partial charge in [-0.2, -0.15) is 0 Å². The van der Waals surface area contributed by atoms with Crippen LogP contribution in [0, 0.1) is 12.7 Å². The molecule has 0 saturated carbocycles. The van der Waals surface area contributed by atoms with Crippen molar-refractivity contribution in [1.82, 2.24) is 10.5 Å². The Bertz CT molecular complexity index is 1520. The summed E-state index contributed by atoms with van der Waals surface area (Å²) in [5.74, 6) is -1.18. The van der Waals surface area contributed by atoms with Crippen LogP contribution in [0.2, 0.25) is 0 Å². The molecule has 0 fully saturated rings. The molecular weight excluding hydrogens is 587 g/mol. The molecule has 198 valence electrons. The first-order valence-electron chi connectivity index (χ1n) is 11.6. The number of anilines is 2. The summed E-state index contributed by atoms with van der Waals surface area (Å²) in [7, 11) is 0. The van der Waals surface area contributed by atoms with Crippen molar-refractivity contribution in [3.63, 3.8) is 0 Å². The van der Waals surface area contributed by atoms with Gasteiger partial charge in [0.2, 0.25) is 5.91 Å². The molecule has 3 aromatic carbocycles. The van der Waals surface area contributed by atoms with Crippen LogP contribution in [0.1, 0.15) is 21.7 Å². The van der Waals surface area contributed by atoms with E-state index in [2.05, 4.69) is 37.0 Å². The number of nitrogens with one attached hydrogen (secondary N) is 3. The summed E-state index contributed by atoms with van der Waals surface area (Å²) in [4.78, 5) is 38.8. The Morgan fingerprint density at radius 2 is 1.72 bits per heavy atom. The predicted molar refractivity (Wildman–Crippen MR) is 152 cm³/mol. The lowest BCUT2D eigenvalue weighted by Crippen LogP contribution is -2.31. The molecule has 1 heterocycles. The fourth-order valence-electron chi connectivity index (χ4n) is 3.31. The van der Waals surface area contributed by atoms with Gasteiger partial charge in [0, 0.05) is 21.1 Å². The summed E-state index contributed by atoms with van der Waals surface area (Å²) in [6.07, 6.45) is 1.50. The molecule has 3 amide bonds. The Hall–Kier alpha value is -4.22. The van der Waals surface area contributed by atoms with Gasteiger partial charge in [-0.05, 0) is 67.1 Å². The maximum Gasteiger partial charge on any atom is 0.272 e. The normalized spacial score (nSPS) is 11.1. The van der Waals surface area contributed by atoms with Crippen molar-refractivity contribution in [3.8, 4) is 0 Å². The molecule has 0 aliphatic rings. The van der Waals surface area contributed by atoms with Gasteiger partial charge in [0.05, 0.1) is 11.3 Å². The van der Waals surface area contributed by atoms with E-state index in [9.17, 15) is 18.8 Å². The highest BCUT2D eigenvalue weighted by Crippen LogP contribution is 2.21. The molecule has 39 heavy (non-hydrogen) atoms. The molecule has 0 aliphatic carbocycles. The SMILES string of the molecule is Cc1cc(NC(=O)CSc2ccc(NC(=O)/C(=C\c3ccc(Br)cc3)NC(=O)c3ccccc3F)cc2)no1. The van der Waals surface area contributed by atoms with Gasteiger partial charge >= 0.3 is 0 Å². The lowest BCUT2D eigenvalue weighted by Gasteiger charge is -2.12. The molecule has 0 radical (unpaired) electrons. The molecule has 0 saturated heterocycles. The van der Waals surface area contributed by atoms with Crippen LogP contribution >= 0.6 is 27.7 Å². The van der Waals surface area contributed by atoms with Gasteiger partial charge in [-0.25, -0.2) is 4.39 Å². The average molecular weight is 609 g/mol. The first-order chi connectivity index (χ1) is 18.8. The van der Waals surface area contributed by atoms with Gasteiger partial charge in [-0.3, -0.25) is 14.4 Å². The highest BCUT2D eigenvalue weighted by molar-refractivity contribution is 9.10. The van der Waals surface area contributed by atoms with E-state index in [4.69, 9.17) is 4.52 Å². The number of carbonyl (C=O) groups excluding carboxylic acids is 3.